The lowest BCUT2D eigenvalue weighted by Gasteiger charge is -2.23. The van der Waals surface area contributed by atoms with Gasteiger partial charge in [-0.15, -0.1) is 0 Å². The van der Waals surface area contributed by atoms with Crippen LogP contribution in [0, 0.1) is 0 Å². The minimum atomic E-state index is 0.0558. The molecular weight excluding hydrogens is 214 g/mol. The smallest absolute Gasteiger partial charge is 0.129 e. The standard InChI is InChI=1S/C13H21N3O/c1-10(14)11-5-6-15-13(9-11)16(7-8-17-2)12-3-4-12/h5-6,9-10,12H,3-4,7-8,14H2,1-2H3/t10-/m0/s1. The first kappa shape index (κ1) is 12.3. The zero-order valence-corrected chi connectivity index (χ0v) is 10.6. The number of ether oxygens (including phenoxy) is 1. The Kier molecular flexibility index (Phi) is 3.97. The van der Waals surface area contributed by atoms with E-state index < -0.39 is 0 Å². The number of hydrogen-bond donors (Lipinski definition) is 1. The molecule has 0 amide bonds. The van der Waals surface area contributed by atoms with E-state index in [1.165, 1.54) is 12.8 Å². The maximum atomic E-state index is 5.90. The van der Waals surface area contributed by atoms with E-state index in [9.17, 15) is 0 Å². The van der Waals surface area contributed by atoms with Crippen LogP contribution in [0.3, 0.4) is 0 Å². The van der Waals surface area contributed by atoms with E-state index in [2.05, 4.69) is 16.0 Å². The molecule has 17 heavy (non-hydrogen) atoms. The van der Waals surface area contributed by atoms with Gasteiger partial charge in [-0.25, -0.2) is 4.98 Å². The highest BCUT2D eigenvalue weighted by molar-refractivity contribution is 5.44. The Morgan fingerprint density at radius 1 is 1.59 bits per heavy atom. The Balaban J connectivity index is 2.14. The number of rotatable bonds is 6. The average molecular weight is 235 g/mol. The van der Waals surface area contributed by atoms with E-state index in [4.69, 9.17) is 10.5 Å². The third-order valence-electron chi connectivity index (χ3n) is 3.11. The summed E-state index contributed by atoms with van der Waals surface area (Å²) in [5.41, 5.74) is 7.04. The number of nitrogens with two attached hydrogens (primary N) is 1. The first-order chi connectivity index (χ1) is 8.22. The first-order valence-corrected chi connectivity index (χ1v) is 6.19. The van der Waals surface area contributed by atoms with Gasteiger partial charge in [0.15, 0.2) is 0 Å². The van der Waals surface area contributed by atoms with E-state index in [1.807, 2.05) is 19.2 Å². The molecule has 1 aliphatic rings. The summed E-state index contributed by atoms with van der Waals surface area (Å²) in [6, 6.07) is 4.77. The second-order valence-corrected chi connectivity index (χ2v) is 4.65. The quantitative estimate of drug-likeness (QED) is 0.815. The molecule has 94 valence electrons. The van der Waals surface area contributed by atoms with Crippen molar-refractivity contribution in [3.05, 3.63) is 23.9 Å². The SMILES string of the molecule is COCCN(c1cc([C@H](C)N)ccn1)C1CC1. The van der Waals surface area contributed by atoms with Gasteiger partial charge in [-0.05, 0) is 37.5 Å². The summed E-state index contributed by atoms with van der Waals surface area (Å²) in [4.78, 5) is 6.78. The number of nitrogens with zero attached hydrogens (tertiary/aromatic N) is 2. The molecule has 1 atom stereocenters. The molecule has 0 radical (unpaired) electrons. The van der Waals surface area contributed by atoms with E-state index in [0.717, 1.165) is 24.5 Å². The molecule has 1 heterocycles. The molecule has 1 aromatic rings. The van der Waals surface area contributed by atoms with Crippen LogP contribution < -0.4 is 10.6 Å². The van der Waals surface area contributed by atoms with E-state index in [-0.39, 0.29) is 6.04 Å². The van der Waals surface area contributed by atoms with Crippen molar-refractivity contribution in [2.45, 2.75) is 31.8 Å². The third kappa shape index (κ3) is 3.17. The molecule has 4 nitrogen and oxygen atoms in total. The Hall–Kier alpha value is -1.13. The number of anilines is 1. The van der Waals surface area contributed by atoms with E-state index in [1.54, 1.807) is 7.11 Å². The third-order valence-corrected chi connectivity index (χ3v) is 3.11. The summed E-state index contributed by atoms with van der Waals surface area (Å²) in [7, 11) is 1.73. The fraction of sp³-hybridized carbons (Fsp3) is 0.615. The molecule has 0 unspecified atom stereocenters. The lowest BCUT2D eigenvalue weighted by molar-refractivity contribution is 0.204. The molecule has 2 N–H and O–H groups in total. The van der Waals surface area contributed by atoms with Gasteiger partial charge in [-0.3, -0.25) is 0 Å². The summed E-state index contributed by atoms with van der Waals surface area (Å²) < 4.78 is 5.16. The van der Waals surface area contributed by atoms with Gasteiger partial charge in [0.1, 0.15) is 5.82 Å². The van der Waals surface area contributed by atoms with Crippen LogP contribution in [0.15, 0.2) is 18.3 Å². The first-order valence-electron chi connectivity index (χ1n) is 6.19. The van der Waals surface area contributed by atoms with Gasteiger partial charge in [0.05, 0.1) is 6.61 Å². The number of aromatic nitrogens is 1. The van der Waals surface area contributed by atoms with Crippen LogP contribution in [0.4, 0.5) is 5.82 Å². The highest BCUT2D eigenvalue weighted by Crippen LogP contribution is 2.31. The van der Waals surface area contributed by atoms with Crippen molar-refractivity contribution in [2.75, 3.05) is 25.2 Å². The molecule has 2 rings (SSSR count). The minimum absolute atomic E-state index is 0.0558. The maximum Gasteiger partial charge on any atom is 0.129 e. The fourth-order valence-corrected chi connectivity index (χ4v) is 1.93. The molecular formula is C13H21N3O. The Labute approximate surface area is 103 Å². The molecule has 0 bridgehead atoms. The van der Waals surface area contributed by atoms with Gasteiger partial charge in [0, 0.05) is 31.9 Å². The van der Waals surface area contributed by atoms with Gasteiger partial charge in [-0.1, -0.05) is 0 Å². The fourth-order valence-electron chi connectivity index (χ4n) is 1.93. The lowest BCUT2D eigenvalue weighted by Crippen LogP contribution is -2.30. The van der Waals surface area contributed by atoms with Gasteiger partial charge >= 0.3 is 0 Å². The molecule has 1 saturated carbocycles. The molecule has 0 spiro atoms. The Bertz CT molecular complexity index is 363. The van der Waals surface area contributed by atoms with Crippen LogP contribution in [0.25, 0.3) is 0 Å². The van der Waals surface area contributed by atoms with E-state index >= 15 is 0 Å². The summed E-state index contributed by atoms with van der Waals surface area (Å²) in [6.07, 6.45) is 4.36. The van der Waals surface area contributed by atoms with Crippen LogP contribution in [0.1, 0.15) is 31.4 Å². The van der Waals surface area contributed by atoms with Crippen molar-refractivity contribution >= 4 is 5.82 Å². The van der Waals surface area contributed by atoms with Crippen molar-refractivity contribution in [1.29, 1.82) is 0 Å². The van der Waals surface area contributed by atoms with Crippen molar-refractivity contribution in [3.8, 4) is 0 Å². The van der Waals surface area contributed by atoms with Crippen LogP contribution in [0.2, 0.25) is 0 Å². The average Bonchev–Trinajstić information content (AvgIpc) is 3.14. The number of pyridine rings is 1. The topological polar surface area (TPSA) is 51.4 Å². The van der Waals surface area contributed by atoms with Gasteiger partial charge in [0.25, 0.3) is 0 Å². The maximum absolute atomic E-state index is 5.90. The van der Waals surface area contributed by atoms with Crippen LogP contribution in [-0.2, 0) is 4.74 Å². The Morgan fingerprint density at radius 3 is 2.94 bits per heavy atom. The number of hydrogen-bond acceptors (Lipinski definition) is 4. The summed E-state index contributed by atoms with van der Waals surface area (Å²) in [6.45, 7) is 3.63. The second kappa shape index (κ2) is 5.47. The summed E-state index contributed by atoms with van der Waals surface area (Å²) in [5.74, 6) is 1.03. The molecule has 0 saturated heterocycles. The summed E-state index contributed by atoms with van der Waals surface area (Å²) in [5, 5.41) is 0. The van der Waals surface area contributed by atoms with Gasteiger partial charge in [0.2, 0.25) is 0 Å². The molecule has 1 aromatic heterocycles. The van der Waals surface area contributed by atoms with Crippen molar-refractivity contribution in [2.24, 2.45) is 5.73 Å². The molecule has 0 aliphatic heterocycles. The molecule has 1 fully saturated rings. The van der Waals surface area contributed by atoms with Gasteiger partial charge in [-0.2, -0.15) is 0 Å². The molecule has 4 heteroatoms. The molecule has 0 aromatic carbocycles. The monoisotopic (exact) mass is 235 g/mol. The zero-order valence-electron chi connectivity index (χ0n) is 10.6. The summed E-state index contributed by atoms with van der Waals surface area (Å²) >= 11 is 0. The van der Waals surface area contributed by atoms with Crippen LogP contribution in [0.5, 0.6) is 0 Å². The van der Waals surface area contributed by atoms with Crippen molar-refractivity contribution < 1.29 is 4.74 Å². The predicted octanol–water partition coefficient (Wildman–Crippen LogP) is 1.72. The van der Waals surface area contributed by atoms with Gasteiger partial charge < -0.3 is 15.4 Å². The van der Waals surface area contributed by atoms with E-state index in [0.29, 0.717) is 6.04 Å². The highest BCUT2D eigenvalue weighted by Gasteiger charge is 2.29. The van der Waals surface area contributed by atoms with Crippen LogP contribution >= 0.6 is 0 Å². The normalized spacial score (nSPS) is 16.9. The zero-order chi connectivity index (χ0) is 12.3. The lowest BCUT2D eigenvalue weighted by atomic mass is 10.1. The Morgan fingerprint density at radius 2 is 2.35 bits per heavy atom. The van der Waals surface area contributed by atoms with Crippen molar-refractivity contribution in [3.63, 3.8) is 0 Å². The van der Waals surface area contributed by atoms with Crippen LogP contribution in [-0.4, -0.2) is 31.3 Å². The van der Waals surface area contributed by atoms with Crippen molar-refractivity contribution in [1.82, 2.24) is 4.98 Å². The second-order valence-electron chi connectivity index (χ2n) is 4.65. The highest BCUT2D eigenvalue weighted by atomic mass is 16.5. The predicted molar refractivity (Wildman–Crippen MR) is 69.1 cm³/mol. The largest absolute Gasteiger partial charge is 0.383 e. The molecule has 1 aliphatic carbocycles. The number of methoxy groups -OCH3 is 1. The minimum Gasteiger partial charge on any atom is -0.383 e.